The van der Waals surface area contributed by atoms with E-state index in [9.17, 15) is 4.79 Å². The summed E-state index contributed by atoms with van der Waals surface area (Å²) in [6, 6.07) is 11.3. The number of carbonyl (C=O) groups is 1. The van der Waals surface area contributed by atoms with E-state index in [0.29, 0.717) is 17.1 Å². The molecule has 1 N–H and O–H groups in total. The quantitative estimate of drug-likeness (QED) is 0.926. The molecule has 4 nitrogen and oxygen atoms in total. The first-order valence-corrected chi connectivity index (χ1v) is 6.10. The van der Waals surface area contributed by atoms with Crippen LogP contribution in [0.15, 0.2) is 36.4 Å². The van der Waals surface area contributed by atoms with Gasteiger partial charge in [-0.2, -0.15) is 5.26 Å². The molecule has 0 saturated carbocycles. The Kier molecular flexibility index (Phi) is 3.92. The largest absolute Gasteiger partial charge is 0.478 e. The van der Waals surface area contributed by atoms with E-state index in [0.717, 1.165) is 5.56 Å². The number of benzene rings is 2. The van der Waals surface area contributed by atoms with Crippen LogP contribution >= 0.6 is 11.6 Å². The SMILES string of the molecule is Cc1ccc(C(=O)O)cc1Oc1ccc(C#N)c(Cl)c1. The van der Waals surface area contributed by atoms with E-state index < -0.39 is 5.97 Å². The van der Waals surface area contributed by atoms with E-state index >= 15 is 0 Å². The molecule has 0 aliphatic rings. The molecule has 2 rings (SSSR count). The predicted molar refractivity (Wildman–Crippen MR) is 74.4 cm³/mol. The average Bonchev–Trinajstić information content (AvgIpc) is 2.41. The van der Waals surface area contributed by atoms with E-state index in [4.69, 9.17) is 26.7 Å². The maximum Gasteiger partial charge on any atom is 0.335 e. The second kappa shape index (κ2) is 5.64. The minimum atomic E-state index is -1.02. The zero-order chi connectivity index (χ0) is 14.7. The van der Waals surface area contributed by atoms with Crippen molar-refractivity contribution in [2.75, 3.05) is 0 Å². The smallest absolute Gasteiger partial charge is 0.335 e. The van der Waals surface area contributed by atoms with Gasteiger partial charge in [0.05, 0.1) is 16.1 Å². The van der Waals surface area contributed by atoms with Gasteiger partial charge in [0.2, 0.25) is 0 Å². The number of halogens is 1. The van der Waals surface area contributed by atoms with Crippen LogP contribution < -0.4 is 4.74 Å². The Labute approximate surface area is 120 Å². The van der Waals surface area contributed by atoms with Crippen LogP contribution in [-0.4, -0.2) is 11.1 Å². The van der Waals surface area contributed by atoms with E-state index in [1.807, 2.05) is 13.0 Å². The van der Waals surface area contributed by atoms with Crippen molar-refractivity contribution in [1.82, 2.24) is 0 Å². The van der Waals surface area contributed by atoms with Crippen molar-refractivity contribution in [2.45, 2.75) is 6.92 Å². The highest BCUT2D eigenvalue weighted by molar-refractivity contribution is 6.31. The van der Waals surface area contributed by atoms with Crippen molar-refractivity contribution in [3.05, 3.63) is 58.1 Å². The number of carboxylic acid groups (broad SMARTS) is 1. The normalized spacial score (nSPS) is 9.85. The lowest BCUT2D eigenvalue weighted by atomic mass is 10.1. The fraction of sp³-hybridized carbons (Fsp3) is 0.0667. The summed E-state index contributed by atoms with van der Waals surface area (Å²) in [6.45, 7) is 1.81. The third-order valence-corrected chi connectivity index (χ3v) is 3.04. The van der Waals surface area contributed by atoms with Gasteiger partial charge >= 0.3 is 5.97 Å². The highest BCUT2D eigenvalue weighted by Crippen LogP contribution is 2.29. The highest BCUT2D eigenvalue weighted by atomic mass is 35.5. The topological polar surface area (TPSA) is 70.3 Å². The van der Waals surface area contributed by atoms with Gasteiger partial charge in [0.25, 0.3) is 0 Å². The Balaban J connectivity index is 2.35. The molecule has 0 amide bonds. The molecule has 2 aromatic rings. The summed E-state index contributed by atoms with van der Waals surface area (Å²) < 4.78 is 5.62. The lowest BCUT2D eigenvalue weighted by Crippen LogP contribution is -1.97. The van der Waals surface area contributed by atoms with Crippen molar-refractivity contribution in [2.24, 2.45) is 0 Å². The van der Waals surface area contributed by atoms with Crippen LogP contribution in [0.25, 0.3) is 0 Å². The fourth-order valence-corrected chi connectivity index (χ4v) is 1.83. The van der Waals surface area contributed by atoms with Crippen molar-refractivity contribution in [3.8, 4) is 17.6 Å². The van der Waals surface area contributed by atoms with Crippen LogP contribution in [-0.2, 0) is 0 Å². The van der Waals surface area contributed by atoms with Crippen molar-refractivity contribution < 1.29 is 14.6 Å². The number of aryl methyl sites for hydroxylation is 1. The predicted octanol–water partition coefficient (Wildman–Crippen LogP) is 4.01. The number of aromatic carboxylic acids is 1. The second-order valence-electron chi connectivity index (χ2n) is 4.14. The zero-order valence-corrected chi connectivity index (χ0v) is 11.3. The van der Waals surface area contributed by atoms with Gasteiger partial charge in [0.1, 0.15) is 17.6 Å². The van der Waals surface area contributed by atoms with Crippen LogP contribution in [0.3, 0.4) is 0 Å². The molecule has 0 spiro atoms. The molecule has 0 fully saturated rings. The first-order valence-electron chi connectivity index (χ1n) is 5.72. The molecule has 0 bridgehead atoms. The van der Waals surface area contributed by atoms with Crippen molar-refractivity contribution in [1.29, 1.82) is 5.26 Å². The van der Waals surface area contributed by atoms with Gasteiger partial charge in [-0.25, -0.2) is 4.79 Å². The molecule has 0 heterocycles. The van der Waals surface area contributed by atoms with Crippen LogP contribution in [0.2, 0.25) is 5.02 Å². The summed E-state index contributed by atoms with van der Waals surface area (Å²) in [6.07, 6.45) is 0. The average molecular weight is 288 g/mol. The monoisotopic (exact) mass is 287 g/mol. The number of nitriles is 1. The fourth-order valence-electron chi connectivity index (χ4n) is 1.62. The van der Waals surface area contributed by atoms with E-state index in [2.05, 4.69) is 0 Å². The highest BCUT2D eigenvalue weighted by Gasteiger charge is 2.09. The summed E-state index contributed by atoms with van der Waals surface area (Å²) in [5.74, 6) is -0.141. The molecule has 0 aromatic heterocycles. The van der Waals surface area contributed by atoms with Gasteiger partial charge in [-0.15, -0.1) is 0 Å². The third kappa shape index (κ3) is 2.90. The Hall–Kier alpha value is -2.51. The molecule has 20 heavy (non-hydrogen) atoms. The minimum Gasteiger partial charge on any atom is -0.478 e. The Morgan fingerprint density at radius 1 is 1.30 bits per heavy atom. The summed E-state index contributed by atoms with van der Waals surface area (Å²) >= 11 is 5.92. The van der Waals surface area contributed by atoms with Gasteiger partial charge in [0.15, 0.2) is 0 Å². The van der Waals surface area contributed by atoms with Crippen LogP contribution in [0.4, 0.5) is 0 Å². The molecule has 0 saturated heterocycles. The van der Waals surface area contributed by atoms with Gasteiger partial charge < -0.3 is 9.84 Å². The van der Waals surface area contributed by atoms with E-state index in [-0.39, 0.29) is 10.6 Å². The summed E-state index contributed by atoms with van der Waals surface area (Å²) in [4.78, 5) is 10.9. The molecule has 0 radical (unpaired) electrons. The van der Waals surface area contributed by atoms with Crippen LogP contribution in [0.1, 0.15) is 21.5 Å². The summed E-state index contributed by atoms with van der Waals surface area (Å²) in [7, 11) is 0. The first kappa shape index (κ1) is 13.9. The van der Waals surface area contributed by atoms with Gasteiger partial charge in [-0.1, -0.05) is 17.7 Å². The number of hydrogen-bond acceptors (Lipinski definition) is 3. The molecule has 0 aliphatic carbocycles. The molecular weight excluding hydrogens is 278 g/mol. The maximum atomic E-state index is 10.9. The van der Waals surface area contributed by atoms with Crippen LogP contribution in [0, 0.1) is 18.3 Å². The number of rotatable bonds is 3. The molecule has 100 valence electrons. The second-order valence-corrected chi connectivity index (χ2v) is 4.55. The Morgan fingerprint density at radius 2 is 2.05 bits per heavy atom. The van der Waals surface area contributed by atoms with Crippen molar-refractivity contribution in [3.63, 3.8) is 0 Å². The lowest BCUT2D eigenvalue weighted by Gasteiger charge is -2.10. The molecule has 0 unspecified atom stereocenters. The number of nitrogens with zero attached hydrogens (tertiary/aromatic N) is 1. The molecule has 2 aromatic carbocycles. The Bertz CT molecular complexity index is 720. The summed E-state index contributed by atoms with van der Waals surface area (Å²) in [5.41, 5.74) is 1.30. The molecule has 5 heteroatoms. The number of ether oxygens (including phenoxy) is 1. The van der Waals surface area contributed by atoms with Crippen LogP contribution in [0.5, 0.6) is 11.5 Å². The van der Waals surface area contributed by atoms with Gasteiger partial charge in [-0.3, -0.25) is 0 Å². The van der Waals surface area contributed by atoms with E-state index in [1.165, 1.54) is 18.2 Å². The molecule has 0 atom stereocenters. The van der Waals surface area contributed by atoms with Gasteiger partial charge in [-0.05, 0) is 36.8 Å². The zero-order valence-electron chi connectivity index (χ0n) is 10.6. The number of carboxylic acids is 1. The first-order chi connectivity index (χ1) is 9.51. The standard InChI is InChI=1S/C15H10ClNO3/c1-9-2-3-10(15(18)19)6-14(9)20-12-5-4-11(8-17)13(16)7-12/h2-7H,1H3,(H,18,19). The Morgan fingerprint density at radius 3 is 2.65 bits per heavy atom. The molecular formula is C15H10ClNO3. The summed E-state index contributed by atoms with van der Waals surface area (Å²) in [5, 5.41) is 18.1. The van der Waals surface area contributed by atoms with Gasteiger partial charge in [0, 0.05) is 6.07 Å². The number of hydrogen-bond donors (Lipinski definition) is 1. The maximum absolute atomic E-state index is 10.9. The van der Waals surface area contributed by atoms with E-state index in [1.54, 1.807) is 18.2 Å². The van der Waals surface area contributed by atoms with Crippen molar-refractivity contribution >= 4 is 17.6 Å². The third-order valence-electron chi connectivity index (χ3n) is 2.72. The molecule has 0 aliphatic heterocycles. The minimum absolute atomic E-state index is 0.144. The lowest BCUT2D eigenvalue weighted by molar-refractivity contribution is 0.0696.